The van der Waals surface area contributed by atoms with Crippen molar-refractivity contribution in [1.82, 2.24) is 5.32 Å². The summed E-state index contributed by atoms with van der Waals surface area (Å²) in [5.74, 6) is -0.469. The van der Waals surface area contributed by atoms with Crippen LogP contribution in [0.5, 0.6) is 0 Å². The van der Waals surface area contributed by atoms with Crippen LogP contribution < -0.4 is 10.6 Å². The Balaban J connectivity index is 1.93. The van der Waals surface area contributed by atoms with E-state index < -0.39 is 5.91 Å². The summed E-state index contributed by atoms with van der Waals surface area (Å²) in [6.07, 6.45) is 1.40. The maximum atomic E-state index is 12.1. The molecule has 6 heteroatoms. The predicted molar refractivity (Wildman–Crippen MR) is 95.7 cm³/mol. The average molecular weight is 386 g/mol. The number of nitrogens with one attached hydrogen (secondary N) is 2. The smallest absolute Gasteiger partial charge is 0.267 e. The van der Waals surface area contributed by atoms with Gasteiger partial charge in [0.2, 0.25) is 0 Å². The molecule has 24 heavy (non-hydrogen) atoms. The lowest BCUT2D eigenvalue weighted by atomic mass is 10.1. The minimum atomic E-state index is -0.469. The average Bonchev–Trinajstić information content (AvgIpc) is 2.61. The van der Waals surface area contributed by atoms with Crippen LogP contribution in [0.25, 0.3) is 0 Å². The molecule has 0 fully saturated rings. The topological polar surface area (TPSA) is 85.2 Å². The van der Waals surface area contributed by atoms with Crippen molar-refractivity contribution < 1.29 is 9.90 Å². The molecule has 0 atom stereocenters. The Morgan fingerprint density at radius 2 is 1.75 bits per heavy atom. The van der Waals surface area contributed by atoms with Gasteiger partial charge >= 0.3 is 0 Å². The van der Waals surface area contributed by atoms with Gasteiger partial charge in [-0.2, -0.15) is 5.26 Å². The zero-order valence-electron chi connectivity index (χ0n) is 12.8. The second kappa shape index (κ2) is 8.87. The number of halogens is 1. The highest BCUT2D eigenvalue weighted by Crippen LogP contribution is 2.14. The van der Waals surface area contributed by atoms with E-state index in [0.717, 1.165) is 15.6 Å². The summed E-state index contributed by atoms with van der Waals surface area (Å²) in [5.41, 5.74) is 2.42. The highest BCUT2D eigenvalue weighted by molar-refractivity contribution is 9.10. The number of nitrogens with zero attached hydrogens (tertiary/aromatic N) is 1. The molecule has 0 aliphatic carbocycles. The van der Waals surface area contributed by atoms with Crippen molar-refractivity contribution in [3.8, 4) is 6.07 Å². The Labute approximate surface area is 148 Å². The summed E-state index contributed by atoms with van der Waals surface area (Å²) in [4.78, 5) is 12.1. The molecule has 0 saturated heterocycles. The van der Waals surface area contributed by atoms with Gasteiger partial charge in [0.15, 0.2) is 0 Å². The van der Waals surface area contributed by atoms with Crippen LogP contribution in [0.3, 0.4) is 0 Å². The van der Waals surface area contributed by atoms with Crippen LogP contribution >= 0.6 is 15.9 Å². The van der Waals surface area contributed by atoms with E-state index in [1.165, 1.54) is 6.20 Å². The fourth-order valence-corrected chi connectivity index (χ4v) is 2.18. The number of benzene rings is 2. The number of carbonyl (C=O) groups is 1. The largest absolute Gasteiger partial charge is 0.392 e. The molecule has 0 bridgehead atoms. The standard InChI is InChI=1S/C18H16BrN3O2/c19-16-5-7-17(8-6-16)22-18(24)15(9-20)11-21-10-13-1-3-14(12-23)4-2-13/h1-8,11,21,23H,10,12H2,(H,22,24)/b15-11-. The van der Waals surface area contributed by atoms with E-state index in [-0.39, 0.29) is 12.2 Å². The molecule has 2 aromatic rings. The number of anilines is 1. The van der Waals surface area contributed by atoms with Gasteiger partial charge in [0.25, 0.3) is 5.91 Å². The summed E-state index contributed by atoms with van der Waals surface area (Å²) in [7, 11) is 0. The summed E-state index contributed by atoms with van der Waals surface area (Å²) < 4.78 is 0.908. The van der Waals surface area contributed by atoms with Gasteiger partial charge in [-0.1, -0.05) is 40.2 Å². The Morgan fingerprint density at radius 1 is 1.12 bits per heavy atom. The number of aliphatic hydroxyl groups is 1. The van der Waals surface area contributed by atoms with E-state index in [9.17, 15) is 4.79 Å². The normalized spacial score (nSPS) is 10.8. The molecule has 0 heterocycles. The maximum absolute atomic E-state index is 12.1. The Hall–Kier alpha value is -2.62. The molecule has 3 N–H and O–H groups in total. The van der Waals surface area contributed by atoms with Gasteiger partial charge in [0.05, 0.1) is 6.61 Å². The maximum Gasteiger partial charge on any atom is 0.267 e. The number of hydrogen-bond donors (Lipinski definition) is 3. The molecule has 2 rings (SSSR count). The monoisotopic (exact) mass is 385 g/mol. The number of amides is 1. The highest BCUT2D eigenvalue weighted by atomic mass is 79.9. The van der Waals surface area contributed by atoms with Crippen molar-refractivity contribution >= 4 is 27.5 Å². The van der Waals surface area contributed by atoms with Crippen LogP contribution in [0.1, 0.15) is 11.1 Å². The van der Waals surface area contributed by atoms with Gasteiger partial charge in [-0.15, -0.1) is 0 Å². The zero-order valence-corrected chi connectivity index (χ0v) is 14.4. The fourth-order valence-electron chi connectivity index (χ4n) is 1.91. The lowest BCUT2D eigenvalue weighted by Crippen LogP contribution is -2.16. The van der Waals surface area contributed by atoms with Crippen molar-refractivity contribution in [3.05, 3.63) is 75.9 Å². The molecule has 0 aromatic heterocycles. The minimum Gasteiger partial charge on any atom is -0.392 e. The number of carbonyl (C=O) groups excluding carboxylic acids is 1. The first-order valence-electron chi connectivity index (χ1n) is 7.21. The first-order chi connectivity index (χ1) is 11.6. The van der Waals surface area contributed by atoms with E-state index in [1.54, 1.807) is 24.3 Å². The van der Waals surface area contributed by atoms with Crippen LogP contribution in [0.15, 0.2) is 64.8 Å². The molecular formula is C18H16BrN3O2. The third-order valence-corrected chi connectivity index (χ3v) is 3.75. The van der Waals surface area contributed by atoms with Gasteiger partial charge in [-0.05, 0) is 35.4 Å². The molecule has 0 aliphatic heterocycles. The first-order valence-corrected chi connectivity index (χ1v) is 8.01. The summed E-state index contributed by atoms with van der Waals surface area (Å²) >= 11 is 3.32. The zero-order chi connectivity index (χ0) is 17.4. The second-order valence-electron chi connectivity index (χ2n) is 4.99. The Morgan fingerprint density at radius 3 is 2.33 bits per heavy atom. The molecule has 0 radical (unpaired) electrons. The molecule has 0 saturated carbocycles. The Kier molecular flexibility index (Phi) is 6.55. The molecule has 122 valence electrons. The van der Waals surface area contributed by atoms with Gasteiger partial charge in [-0.25, -0.2) is 0 Å². The summed E-state index contributed by atoms with van der Waals surface area (Å²) in [6, 6.07) is 16.4. The quantitative estimate of drug-likeness (QED) is 0.526. The molecule has 1 amide bonds. The number of hydrogen-bond acceptors (Lipinski definition) is 4. The lowest BCUT2D eigenvalue weighted by molar-refractivity contribution is -0.112. The van der Waals surface area contributed by atoms with E-state index in [2.05, 4.69) is 26.6 Å². The summed E-state index contributed by atoms with van der Waals surface area (Å²) in [6.45, 7) is 0.477. The van der Waals surface area contributed by atoms with E-state index in [4.69, 9.17) is 10.4 Å². The van der Waals surface area contributed by atoms with Gasteiger partial charge in [0.1, 0.15) is 11.6 Å². The predicted octanol–water partition coefficient (Wildman–Crippen LogP) is 3.08. The molecule has 0 unspecified atom stereocenters. The molecular weight excluding hydrogens is 370 g/mol. The van der Waals surface area contributed by atoms with Crippen molar-refractivity contribution in [1.29, 1.82) is 5.26 Å². The van der Waals surface area contributed by atoms with E-state index >= 15 is 0 Å². The van der Waals surface area contributed by atoms with Crippen LogP contribution in [0.4, 0.5) is 5.69 Å². The fraction of sp³-hybridized carbons (Fsp3) is 0.111. The molecule has 2 aromatic carbocycles. The molecule has 0 spiro atoms. The van der Waals surface area contributed by atoms with Crippen molar-refractivity contribution in [2.45, 2.75) is 13.2 Å². The van der Waals surface area contributed by atoms with E-state index in [0.29, 0.717) is 12.2 Å². The van der Waals surface area contributed by atoms with Gasteiger partial charge < -0.3 is 15.7 Å². The Bertz CT molecular complexity index is 762. The van der Waals surface area contributed by atoms with Crippen LogP contribution in [0.2, 0.25) is 0 Å². The lowest BCUT2D eigenvalue weighted by Gasteiger charge is -2.06. The summed E-state index contributed by atoms with van der Waals surface area (Å²) in [5, 5.41) is 23.7. The van der Waals surface area contributed by atoms with Gasteiger partial charge in [-0.3, -0.25) is 4.79 Å². The van der Waals surface area contributed by atoms with Crippen molar-refractivity contribution in [2.24, 2.45) is 0 Å². The minimum absolute atomic E-state index is 0.00240. The number of aliphatic hydroxyl groups excluding tert-OH is 1. The van der Waals surface area contributed by atoms with Crippen LogP contribution in [-0.2, 0) is 17.9 Å². The first kappa shape index (κ1) is 17.7. The third-order valence-electron chi connectivity index (χ3n) is 3.23. The SMILES string of the molecule is N#C/C(=C/NCc1ccc(CO)cc1)C(=O)Nc1ccc(Br)cc1. The van der Waals surface area contributed by atoms with Crippen LogP contribution in [-0.4, -0.2) is 11.0 Å². The van der Waals surface area contributed by atoms with E-state index in [1.807, 2.05) is 30.3 Å². The van der Waals surface area contributed by atoms with Crippen molar-refractivity contribution in [3.63, 3.8) is 0 Å². The van der Waals surface area contributed by atoms with Crippen molar-refractivity contribution in [2.75, 3.05) is 5.32 Å². The molecule has 0 aliphatic rings. The highest BCUT2D eigenvalue weighted by Gasteiger charge is 2.09. The molecule has 5 nitrogen and oxygen atoms in total. The van der Waals surface area contributed by atoms with Gasteiger partial charge in [0, 0.05) is 22.9 Å². The number of rotatable bonds is 6. The van der Waals surface area contributed by atoms with Crippen LogP contribution in [0, 0.1) is 11.3 Å². The third kappa shape index (κ3) is 5.23. The number of nitriles is 1. The second-order valence-corrected chi connectivity index (χ2v) is 5.90.